The molecule has 1 heterocycles. The van der Waals surface area contributed by atoms with E-state index in [1.807, 2.05) is 11.8 Å². The fourth-order valence-corrected chi connectivity index (χ4v) is 3.95. The quantitative estimate of drug-likeness (QED) is 0.607. The van der Waals surface area contributed by atoms with Gasteiger partial charge in [-0.1, -0.05) is 40.5 Å². The van der Waals surface area contributed by atoms with E-state index in [4.69, 9.17) is 0 Å². The lowest BCUT2D eigenvalue weighted by Crippen LogP contribution is -2.58. The highest BCUT2D eigenvalue weighted by Gasteiger charge is 2.29. The Bertz CT molecular complexity index is 256. The van der Waals surface area contributed by atoms with Crippen LogP contribution < -0.4 is 5.32 Å². The summed E-state index contributed by atoms with van der Waals surface area (Å²) in [5, 5.41) is 3.79. The molecular formula is C18H38N2S. The molecule has 0 aliphatic carbocycles. The molecule has 0 spiro atoms. The summed E-state index contributed by atoms with van der Waals surface area (Å²) in [6, 6.07) is 1.44. The maximum Gasteiger partial charge on any atom is 0.0244 e. The lowest BCUT2D eigenvalue weighted by atomic mass is 9.94. The van der Waals surface area contributed by atoms with Crippen LogP contribution in [0.1, 0.15) is 59.8 Å². The van der Waals surface area contributed by atoms with Crippen molar-refractivity contribution in [2.24, 2.45) is 11.8 Å². The molecule has 126 valence electrons. The predicted octanol–water partition coefficient (Wildman–Crippen LogP) is 4.25. The summed E-state index contributed by atoms with van der Waals surface area (Å²) >= 11 is 1.98. The normalized spacial score (nSPS) is 24.1. The zero-order valence-electron chi connectivity index (χ0n) is 15.0. The Morgan fingerprint density at radius 1 is 1.10 bits per heavy atom. The summed E-state index contributed by atoms with van der Waals surface area (Å²) in [5.41, 5.74) is 0. The summed E-state index contributed by atoms with van der Waals surface area (Å²) in [5.74, 6) is 2.89. The molecule has 0 amide bonds. The standard InChI is InChI=1S/C18H38N2S/c1-15(2)12-17-14-20(18(13-19-17)16(3)4)10-8-6-7-9-11-21-5/h15-19H,6-14H2,1-5H3. The van der Waals surface area contributed by atoms with E-state index in [0.29, 0.717) is 6.04 Å². The van der Waals surface area contributed by atoms with Gasteiger partial charge in [-0.05, 0) is 49.7 Å². The van der Waals surface area contributed by atoms with Crippen LogP contribution in [0.3, 0.4) is 0 Å². The molecule has 0 bridgehead atoms. The van der Waals surface area contributed by atoms with Crippen molar-refractivity contribution in [2.75, 3.05) is 31.6 Å². The second-order valence-electron chi connectivity index (χ2n) is 7.45. The first-order chi connectivity index (χ1) is 10.0. The highest BCUT2D eigenvalue weighted by molar-refractivity contribution is 7.98. The molecule has 0 saturated carbocycles. The minimum Gasteiger partial charge on any atom is -0.311 e. The molecule has 0 aromatic carbocycles. The second-order valence-corrected chi connectivity index (χ2v) is 8.43. The summed E-state index contributed by atoms with van der Waals surface area (Å²) in [6.45, 7) is 13.2. The maximum atomic E-state index is 3.79. The SMILES string of the molecule is CSCCCCCCN1CC(CC(C)C)NCC1C(C)C. The molecule has 0 aromatic heterocycles. The molecule has 1 N–H and O–H groups in total. The molecule has 1 aliphatic rings. The van der Waals surface area contributed by atoms with Gasteiger partial charge in [0.25, 0.3) is 0 Å². The third-order valence-electron chi connectivity index (χ3n) is 4.61. The molecule has 2 nitrogen and oxygen atoms in total. The van der Waals surface area contributed by atoms with E-state index in [9.17, 15) is 0 Å². The van der Waals surface area contributed by atoms with Gasteiger partial charge in [-0.15, -0.1) is 0 Å². The van der Waals surface area contributed by atoms with Gasteiger partial charge in [-0.3, -0.25) is 4.90 Å². The zero-order chi connectivity index (χ0) is 15.7. The monoisotopic (exact) mass is 314 g/mol. The van der Waals surface area contributed by atoms with E-state index in [2.05, 4.69) is 44.2 Å². The van der Waals surface area contributed by atoms with Crippen LogP contribution >= 0.6 is 11.8 Å². The van der Waals surface area contributed by atoms with Crippen molar-refractivity contribution in [1.29, 1.82) is 0 Å². The van der Waals surface area contributed by atoms with Crippen LogP contribution in [0.15, 0.2) is 0 Å². The van der Waals surface area contributed by atoms with Gasteiger partial charge in [0.2, 0.25) is 0 Å². The third kappa shape index (κ3) is 7.90. The van der Waals surface area contributed by atoms with E-state index in [0.717, 1.165) is 17.9 Å². The summed E-state index contributed by atoms with van der Waals surface area (Å²) < 4.78 is 0. The Labute approximate surface area is 137 Å². The highest BCUT2D eigenvalue weighted by atomic mass is 32.2. The molecule has 0 radical (unpaired) electrons. The van der Waals surface area contributed by atoms with Crippen molar-refractivity contribution < 1.29 is 0 Å². The van der Waals surface area contributed by atoms with Crippen LogP contribution in [-0.4, -0.2) is 48.6 Å². The Morgan fingerprint density at radius 3 is 2.43 bits per heavy atom. The molecule has 2 atom stereocenters. The van der Waals surface area contributed by atoms with Crippen molar-refractivity contribution in [3.05, 3.63) is 0 Å². The van der Waals surface area contributed by atoms with E-state index >= 15 is 0 Å². The van der Waals surface area contributed by atoms with Crippen LogP contribution in [-0.2, 0) is 0 Å². The minimum absolute atomic E-state index is 0.705. The fraction of sp³-hybridized carbons (Fsp3) is 1.00. The molecule has 2 unspecified atom stereocenters. The zero-order valence-corrected chi connectivity index (χ0v) is 15.8. The highest BCUT2D eigenvalue weighted by Crippen LogP contribution is 2.19. The topological polar surface area (TPSA) is 15.3 Å². The molecule has 0 aromatic rings. The molecular weight excluding hydrogens is 276 g/mol. The smallest absolute Gasteiger partial charge is 0.0244 e. The van der Waals surface area contributed by atoms with Gasteiger partial charge >= 0.3 is 0 Å². The van der Waals surface area contributed by atoms with Gasteiger partial charge in [0.05, 0.1) is 0 Å². The molecule has 1 aliphatic heterocycles. The van der Waals surface area contributed by atoms with E-state index in [1.165, 1.54) is 57.5 Å². The van der Waals surface area contributed by atoms with Crippen LogP contribution in [0, 0.1) is 11.8 Å². The van der Waals surface area contributed by atoms with Crippen molar-refractivity contribution in [1.82, 2.24) is 10.2 Å². The first-order valence-electron chi connectivity index (χ1n) is 9.01. The lowest BCUT2D eigenvalue weighted by Gasteiger charge is -2.43. The van der Waals surface area contributed by atoms with Crippen molar-refractivity contribution in [3.63, 3.8) is 0 Å². The maximum absolute atomic E-state index is 3.79. The van der Waals surface area contributed by atoms with Crippen molar-refractivity contribution >= 4 is 11.8 Å². The Balaban J connectivity index is 2.33. The van der Waals surface area contributed by atoms with Gasteiger partial charge in [-0.25, -0.2) is 0 Å². The lowest BCUT2D eigenvalue weighted by molar-refractivity contribution is 0.0903. The minimum atomic E-state index is 0.705. The predicted molar refractivity (Wildman–Crippen MR) is 98.3 cm³/mol. The first kappa shape index (κ1) is 19.3. The average molecular weight is 315 g/mol. The Hall–Kier alpha value is 0.270. The summed E-state index contributed by atoms with van der Waals surface area (Å²) in [6.07, 6.45) is 9.12. The van der Waals surface area contributed by atoms with Crippen LogP contribution in [0.2, 0.25) is 0 Å². The number of rotatable bonds is 10. The Kier molecular flexibility index (Phi) is 10.0. The molecule has 1 saturated heterocycles. The van der Waals surface area contributed by atoms with E-state index < -0.39 is 0 Å². The van der Waals surface area contributed by atoms with Gasteiger partial charge in [0, 0.05) is 25.2 Å². The number of hydrogen-bond donors (Lipinski definition) is 1. The van der Waals surface area contributed by atoms with Gasteiger partial charge in [-0.2, -0.15) is 11.8 Å². The first-order valence-corrected chi connectivity index (χ1v) is 10.4. The van der Waals surface area contributed by atoms with Crippen molar-refractivity contribution in [3.8, 4) is 0 Å². The van der Waals surface area contributed by atoms with Crippen molar-refractivity contribution in [2.45, 2.75) is 71.9 Å². The van der Waals surface area contributed by atoms with Crippen LogP contribution in [0.25, 0.3) is 0 Å². The number of hydrogen-bond acceptors (Lipinski definition) is 3. The summed E-state index contributed by atoms with van der Waals surface area (Å²) in [7, 11) is 0. The molecule has 21 heavy (non-hydrogen) atoms. The number of unbranched alkanes of at least 4 members (excludes halogenated alkanes) is 3. The second kappa shape index (κ2) is 10.9. The molecule has 1 rings (SSSR count). The number of nitrogens with one attached hydrogen (secondary N) is 1. The fourth-order valence-electron chi connectivity index (χ4n) is 3.46. The number of thioether (sulfide) groups is 1. The largest absolute Gasteiger partial charge is 0.311 e. The number of nitrogens with zero attached hydrogens (tertiary/aromatic N) is 1. The van der Waals surface area contributed by atoms with E-state index in [-0.39, 0.29) is 0 Å². The molecule has 3 heteroatoms. The van der Waals surface area contributed by atoms with Crippen LogP contribution in [0.5, 0.6) is 0 Å². The Morgan fingerprint density at radius 2 is 1.81 bits per heavy atom. The van der Waals surface area contributed by atoms with E-state index in [1.54, 1.807) is 0 Å². The third-order valence-corrected chi connectivity index (χ3v) is 5.31. The number of piperazine rings is 1. The molecule has 1 fully saturated rings. The summed E-state index contributed by atoms with van der Waals surface area (Å²) in [4.78, 5) is 2.78. The van der Waals surface area contributed by atoms with Crippen LogP contribution in [0.4, 0.5) is 0 Å². The van der Waals surface area contributed by atoms with Gasteiger partial charge in [0.15, 0.2) is 0 Å². The average Bonchev–Trinajstić information content (AvgIpc) is 2.42. The van der Waals surface area contributed by atoms with Gasteiger partial charge in [0.1, 0.15) is 0 Å². The van der Waals surface area contributed by atoms with Gasteiger partial charge < -0.3 is 5.32 Å².